The third-order valence-corrected chi connectivity index (χ3v) is 4.18. The number of hydrogen-bond donors (Lipinski definition) is 1. The van der Waals surface area contributed by atoms with Crippen LogP contribution in [0.3, 0.4) is 0 Å². The van der Waals surface area contributed by atoms with E-state index < -0.39 is 0 Å². The number of furan rings is 1. The Bertz CT molecular complexity index is 681. The molecule has 0 saturated heterocycles. The molecule has 0 aliphatic heterocycles. The van der Waals surface area contributed by atoms with Crippen LogP contribution in [0.1, 0.15) is 35.0 Å². The number of hydrogen-bond acceptors (Lipinski definition) is 4. The normalized spacial score (nSPS) is 13.2. The Morgan fingerprint density at radius 3 is 3.05 bits per heavy atom. The van der Waals surface area contributed by atoms with Crippen molar-refractivity contribution in [3.8, 4) is 0 Å². The van der Waals surface area contributed by atoms with Crippen molar-refractivity contribution in [1.82, 2.24) is 14.7 Å². The summed E-state index contributed by atoms with van der Waals surface area (Å²) in [6.07, 6.45) is 3.85. The second kappa shape index (κ2) is 4.83. The van der Waals surface area contributed by atoms with Gasteiger partial charge in [0, 0.05) is 17.6 Å². The van der Waals surface area contributed by atoms with Crippen molar-refractivity contribution < 1.29 is 4.42 Å². The Morgan fingerprint density at radius 1 is 1.47 bits per heavy atom. The van der Waals surface area contributed by atoms with E-state index in [1.165, 1.54) is 10.6 Å². The lowest BCUT2D eigenvalue weighted by molar-refractivity contribution is 0.428. The van der Waals surface area contributed by atoms with E-state index in [4.69, 9.17) is 4.42 Å². The van der Waals surface area contributed by atoms with Crippen molar-refractivity contribution in [2.45, 2.75) is 33.4 Å². The van der Waals surface area contributed by atoms with Gasteiger partial charge < -0.3 is 9.73 Å². The van der Waals surface area contributed by atoms with Crippen molar-refractivity contribution in [2.75, 3.05) is 0 Å². The fourth-order valence-corrected chi connectivity index (χ4v) is 3.10. The zero-order valence-corrected chi connectivity index (χ0v) is 12.1. The summed E-state index contributed by atoms with van der Waals surface area (Å²) in [5.41, 5.74) is 2.31. The number of aromatic nitrogens is 2. The minimum atomic E-state index is 0.194. The van der Waals surface area contributed by atoms with Crippen LogP contribution in [0.2, 0.25) is 0 Å². The van der Waals surface area contributed by atoms with Gasteiger partial charge in [-0.25, -0.2) is 4.98 Å². The highest BCUT2D eigenvalue weighted by atomic mass is 32.1. The Labute approximate surface area is 116 Å². The van der Waals surface area contributed by atoms with Crippen LogP contribution in [0.4, 0.5) is 0 Å². The molecule has 4 nitrogen and oxygen atoms in total. The van der Waals surface area contributed by atoms with Crippen molar-refractivity contribution in [3.05, 3.63) is 46.6 Å². The van der Waals surface area contributed by atoms with Crippen molar-refractivity contribution in [3.63, 3.8) is 0 Å². The van der Waals surface area contributed by atoms with Crippen LogP contribution >= 0.6 is 11.3 Å². The molecule has 0 aliphatic rings. The molecule has 1 N–H and O–H groups in total. The van der Waals surface area contributed by atoms with Crippen LogP contribution in [0, 0.1) is 13.8 Å². The van der Waals surface area contributed by atoms with Gasteiger partial charge in [-0.1, -0.05) is 0 Å². The van der Waals surface area contributed by atoms with Gasteiger partial charge in [0.05, 0.1) is 23.7 Å². The van der Waals surface area contributed by atoms with Crippen LogP contribution in [0.5, 0.6) is 0 Å². The maximum absolute atomic E-state index is 5.40. The van der Waals surface area contributed by atoms with Gasteiger partial charge in [0.25, 0.3) is 0 Å². The van der Waals surface area contributed by atoms with E-state index in [-0.39, 0.29) is 6.04 Å². The molecule has 0 aromatic carbocycles. The Hall–Kier alpha value is -1.59. The van der Waals surface area contributed by atoms with Crippen LogP contribution in [-0.4, -0.2) is 9.38 Å². The molecule has 3 rings (SSSR count). The summed E-state index contributed by atoms with van der Waals surface area (Å²) in [5.74, 6) is 0.958. The SMILES string of the molecule is Cc1cn2c(CN[C@H](C)c3ccco3)c(C)nc2s1. The standard InChI is InChI=1S/C14H17N3OS/c1-9-8-17-12(10(2)16-14(17)19-9)7-15-11(3)13-5-4-6-18-13/h4-6,8,11,15H,7H2,1-3H3/t11-/m1/s1. The highest BCUT2D eigenvalue weighted by Crippen LogP contribution is 2.21. The molecule has 3 aromatic heterocycles. The number of imidazole rings is 1. The molecular formula is C14H17N3OS. The van der Waals surface area contributed by atoms with Gasteiger partial charge in [0.2, 0.25) is 0 Å². The highest BCUT2D eigenvalue weighted by molar-refractivity contribution is 7.17. The first kappa shape index (κ1) is 12.4. The fraction of sp³-hybridized carbons (Fsp3) is 0.357. The van der Waals surface area contributed by atoms with Gasteiger partial charge in [-0.2, -0.15) is 0 Å². The number of rotatable bonds is 4. The summed E-state index contributed by atoms with van der Waals surface area (Å²) in [6.45, 7) is 7.05. The van der Waals surface area contributed by atoms with Crippen molar-refractivity contribution >= 4 is 16.3 Å². The van der Waals surface area contributed by atoms with E-state index in [0.717, 1.165) is 23.0 Å². The lowest BCUT2D eigenvalue weighted by Crippen LogP contribution is -2.19. The first-order valence-electron chi connectivity index (χ1n) is 6.36. The Kier molecular flexibility index (Phi) is 3.16. The summed E-state index contributed by atoms with van der Waals surface area (Å²) >= 11 is 1.72. The maximum atomic E-state index is 5.40. The predicted molar refractivity (Wildman–Crippen MR) is 76.5 cm³/mol. The number of thiazole rings is 1. The molecule has 100 valence electrons. The van der Waals surface area contributed by atoms with Crippen LogP contribution in [0.25, 0.3) is 4.96 Å². The Balaban J connectivity index is 1.79. The lowest BCUT2D eigenvalue weighted by Gasteiger charge is -2.11. The number of nitrogens with zero attached hydrogens (tertiary/aromatic N) is 2. The molecule has 0 aliphatic carbocycles. The lowest BCUT2D eigenvalue weighted by atomic mass is 10.2. The largest absolute Gasteiger partial charge is 0.468 e. The van der Waals surface area contributed by atoms with E-state index in [2.05, 4.69) is 41.7 Å². The van der Waals surface area contributed by atoms with Gasteiger partial charge in [0.15, 0.2) is 4.96 Å². The third kappa shape index (κ3) is 2.31. The van der Waals surface area contributed by atoms with Crippen molar-refractivity contribution in [2.24, 2.45) is 0 Å². The van der Waals surface area contributed by atoms with Gasteiger partial charge >= 0.3 is 0 Å². The predicted octanol–water partition coefficient (Wildman–Crippen LogP) is 3.46. The number of aryl methyl sites for hydroxylation is 2. The molecule has 0 radical (unpaired) electrons. The smallest absolute Gasteiger partial charge is 0.194 e. The van der Waals surface area contributed by atoms with E-state index in [0.29, 0.717) is 0 Å². The molecule has 0 amide bonds. The molecule has 0 bridgehead atoms. The van der Waals surface area contributed by atoms with E-state index in [1.807, 2.05) is 12.1 Å². The minimum absolute atomic E-state index is 0.194. The first-order valence-corrected chi connectivity index (χ1v) is 7.17. The van der Waals surface area contributed by atoms with Gasteiger partial charge in [0.1, 0.15) is 5.76 Å². The average molecular weight is 275 g/mol. The molecule has 0 fully saturated rings. The summed E-state index contributed by atoms with van der Waals surface area (Å²) in [4.78, 5) is 6.94. The molecule has 1 atom stereocenters. The molecule has 0 unspecified atom stereocenters. The first-order chi connectivity index (χ1) is 9.15. The van der Waals surface area contributed by atoms with Gasteiger partial charge in [-0.3, -0.25) is 4.40 Å². The second-order valence-electron chi connectivity index (χ2n) is 4.76. The van der Waals surface area contributed by atoms with Gasteiger partial charge in [-0.05, 0) is 32.9 Å². The Morgan fingerprint density at radius 2 is 2.32 bits per heavy atom. The molecule has 5 heteroatoms. The quantitative estimate of drug-likeness (QED) is 0.793. The molecule has 0 saturated carbocycles. The van der Waals surface area contributed by atoms with E-state index in [9.17, 15) is 0 Å². The number of fused-ring (bicyclic) bond motifs is 1. The molecular weight excluding hydrogens is 258 g/mol. The number of nitrogens with one attached hydrogen (secondary N) is 1. The zero-order chi connectivity index (χ0) is 13.4. The second-order valence-corrected chi connectivity index (χ2v) is 5.97. The fourth-order valence-electron chi connectivity index (χ4n) is 2.21. The summed E-state index contributed by atoms with van der Waals surface area (Å²) < 4.78 is 7.58. The molecule has 19 heavy (non-hydrogen) atoms. The van der Waals surface area contributed by atoms with E-state index >= 15 is 0 Å². The van der Waals surface area contributed by atoms with Crippen LogP contribution in [0.15, 0.2) is 29.0 Å². The average Bonchev–Trinajstić information content (AvgIpc) is 3.03. The topological polar surface area (TPSA) is 42.5 Å². The monoisotopic (exact) mass is 275 g/mol. The van der Waals surface area contributed by atoms with Crippen LogP contribution in [-0.2, 0) is 6.54 Å². The maximum Gasteiger partial charge on any atom is 0.194 e. The molecule has 3 heterocycles. The highest BCUT2D eigenvalue weighted by Gasteiger charge is 2.13. The third-order valence-electron chi connectivity index (χ3n) is 3.29. The zero-order valence-electron chi connectivity index (χ0n) is 11.3. The van der Waals surface area contributed by atoms with Gasteiger partial charge in [-0.15, -0.1) is 11.3 Å². The summed E-state index contributed by atoms with van der Waals surface area (Å²) in [6, 6.07) is 4.10. The molecule has 3 aromatic rings. The van der Waals surface area contributed by atoms with Crippen molar-refractivity contribution in [1.29, 1.82) is 0 Å². The minimum Gasteiger partial charge on any atom is -0.468 e. The summed E-state index contributed by atoms with van der Waals surface area (Å²) in [5, 5.41) is 3.48. The molecule has 0 spiro atoms. The van der Waals surface area contributed by atoms with E-state index in [1.54, 1.807) is 17.6 Å². The van der Waals surface area contributed by atoms with Crippen LogP contribution < -0.4 is 5.32 Å². The summed E-state index contributed by atoms with van der Waals surface area (Å²) in [7, 11) is 0.